The highest BCUT2D eigenvalue weighted by molar-refractivity contribution is 7.92. The van der Waals surface area contributed by atoms with Gasteiger partial charge in [-0.15, -0.1) is 11.3 Å². The Morgan fingerprint density at radius 3 is 2.46 bits per heavy atom. The van der Waals surface area contributed by atoms with E-state index in [9.17, 15) is 13.2 Å². The van der Waals surface area contributed by atoms with Crippen LogP contribution in [0.2, 0.25) is 0 Å². The molecule has 0 fully saturated rings. The lowest BCUT2D eigenvalue weighted by atomic mass is 10.1. The molecule has 7 heteroatoms. The highest BCUT2D eigenvalue weighted by Crippen LogP contribution is 2.35. The van der Waals surface area contributed by atoms with Gasteiger partial charge in [0.2, 0.25) is 0 Å². The van der Waals surface area contributed by atoms with Gasteiger partial charge >= 0.3 is 0 Å². The van der Waals surface area contributed by atoms with E-state index in [1.54, 1.807) is 36.4 Å². The molecule has 28 heavy (non-hydrogen) atoms. The monoisotopic (exact) mass is 408 g/mol. The maximum absolute atomic E-state index is 12.9. The highest BCUT2D eigenvalue weighted by atomic mass is 32.2. The van der Waals surface area contributed by atoms with Crippen LogP contribution in [0.4, 0.5) is 5.69 Å². The van der Waals surface area contributed by atoms with Crippen LogP contribution in [-0.4, -0.2) is 19.7 Å². The molecule has 4 rings (SSSR count). The van der Waals surface area contributed by atoms with E-state index in [4.69, 9.17) is 0 Å². The fourth-order valence-corrected chi connectivity index (χ4v) is 4.89. The fourth-order valence-electron chi connectivity index (χ4n) is 2.81. The number of rotatable bonds is 5. The molecule has 3 aromatic carbocycles. The Balaban J connectivity index is 1.81. The van der Waals surface area contributed by atoms with Crippen molar-refractivity contribution in [1.82, 2.24) is 4.98 Å². The minimum absolute atomic E-state index is 0.157. The van der Waals surface area contributed by atoms with E-state index >= 15 is 0 Å². The van der Waals surface area contributed by atoms with Gasteiger partial charge in [0.1, 0.15) is 11.3 Å². The third kappa shape index (κ3) is 3.54. The molecule has 0 atom stereocenters. The maximum atomic E-state index is 12.9. The van der Waals surface area contributed by atoms with E-state index in [0.717, 1.165) is 15.8 Å². The Kier molecular flexibility index (Phi) is 4.70. The Labute approximate surface area is 166 Å². The zero-order valence-electron chi connectivity index (χ0n) is 14.9. The Morgan fingerprint density at radius 1 is 1.00 bits per heavy atom. The lowest BCUT2D eigenvalue weighted by Crippen LogP contribution is -2.14. The van der Waals surface area contributed by atoms with E-state index in [1.165, 1.54) is 17.4 Å². The third-order valence-corrected chi connectivity index (χ3v) is 6.73. The van der Waals surface area contributed by atoms with Gasteiger partial charge in [-0.25, -0.2) is 13.4 Å². The summed E-state index contributed by atoms with van der Waals surface area (Å²) in [5.41, 5.74) is 3.14. The molecule has 0 aliphatic carbocycles. The molecule has 5 nitrogen and oxygen atoms in total. The predicted octanol–water partition coefficient (Wildman–Crippen LogP) is 4.89. The Bertz CT molecular complexity index is 1240. The van der Waals surface area contributed by atoms with Crippen molar-refractivity contribution in [3.8, 4) is 10.6 Å². The lowest BCUT2D eigenvalue weighted by Gasteiger charge is -2.12. The fraction of sp³-hybridized carbons (Fsp3) is 0.0476. The number of carbonyl (C=O) groups excluding carboxylic acids is 1. The number of aryl methyl sites for hydroxylation is 1. The molecule has 0 radical (unpaired) electrons. The number of para-hydroxylation sites is 1. The highest BCUT2D eigenvalue weighted by Gasteiger charge is 2.18. The Hall–Kier alpha value is -3.03. The topological polar surface area (TPSA) is 76.1 Å². The minimum atomic E-state index is -3.80. The second kappa shape index (κ2) is 7.18. The van der Waals surface area contributed by atoms with E-state index in [0.29, 0.717) is 28.1 Å². The number of hydrogen-bond acceptors (Lipinski definition) is 5. The van der Waals surface area contributed by atoms with Crippen LogP contribution in [0.5, 0.6) is 0 Å². The van der Waals surface area contributed by atoms with Crippen LogP contribution in [0.1, 0.15) is 15.9 Å². The van der Waals surface area contributed by atoms with E-state index in [2.05, 4.69) is 9.71 Å². The molecular formula is C21H16N2O3S2. The number of aromatic nitrogens is 1. The molecule has 4 aromatic rings. The van der Waals surface area contributed by atoms with Crippen molar-refractivity contribution < 1.29 is 13.2 Å². The van der Waals surface area contributed by atoms with Crippen LogP contribution in [0.3, 0.4) is 0 Å². The summed E-state index contributed by atoms with van der Waals surface area (Å²) < 4.78 is 29.3. The molecule has 0 saturated carbocycles. The third-order valence-electron chi connectivity index (χ3n) is 4.28. The van der Waals surface area contributed by atoms with Gasteiger partial charge in [0.05, 0.1) is 20.8 Å². The zero-order valence-corrected chi connectivity index (χ0v) is 16.5. The van der Waals surface area contributed by atoms with Gasteiger partial charge < -0.3 is 0 Å². The molecule has 0 spiro atoms. The molecule has 0 aliphatic heterocycles. The summed E-state index contributed by atoms with van der Waals surface area (Å²) in [5.74, 6) is 0. The summed E-state index contributed by atoms with van der Waals surface area (Å²) in [6.07, 6.45) is 0.686. The number of carbonyl (C=O) groups is 1. The molecule has 0 saturated heterocycles. The van der Waals surface area contributed by atoms with Crippen molar-refractivity contribution in [2.45, 2.75) is 11.8 Å². The summed E-state index contributed by atoms with van der Waals surface area (Å²) in [7, 11) is -3.80. The number of sulfonamides is 1. The summed E-state index contributed by atoms with van der Waals surface area (Å²) in [6, 6.07) is 19.2. The summed E-state index contributed by atoms with van der Waals surface area (Å²) in [6.45, 7) is 1.89. The van der Waals surface area contributed by atoms with Crippen molar-refractivity contribution in [2.75, 3.05) is 4.72 Å². The Morgan fingerprint density at radius 2 is 1.75 bits per heavy atom. The molecule has 0 unspecified atom stereocenters. The average Bonchev–Trinajstić information content (AvgIpc) is 3.12. The SMILES string of the molecule is Cc1ccc(S(=O)(=O)Nc2cc(C=O)ccc2-c2nc3ccccc3s2)cc1. The minimum Gasteiger partial charge on any atom is -0.298 e. The molecule has 0 amide bonds. The van der Waals surface area contributed by atoms with Crippen molar-refractivity contribution >= 4 is 43.6 Å². The summed E-state index contributed by atoms with van der Waals surface area (Å²) in [5, 5.41) is 0.681. The largest absolute Gasteiger partial charge is 0.298 e. The van der Waals surface area contributed by atoms with Crippen molar-refractivity contribution in [2.24, 2.45) is 0 Å². The number of fused-ring (bicyclic) bond motifs is 1. The normalized spacial score (nSPS) is 11.5. The number of hydrogen-bond donors (Lipinski definition) is 1. The summed E-state index contributed by atoms with van der Waals surface area (Å²) >= 11 is 1.47. The van der Waals surface area contributed by atoms with Gasteiger partial charge in [0, 0.05) is 11.1 Å². The van der Waals surface area contributed by atoms with Gasteiger partial charge in [0.25, 0.3) is 10.0 Å². The zero-order chi connectivity index (χ0) is 19.7. The molecule has 140 valence electrons. The number of nitrogens with zero attached hydrogens (tertiary/aromatic N) is 1. The van der Waals surface area contributed by atoms with E-state index in [1.807, 2.05) is 31.2 Å². The van der Waals surface area contributed by atoms with E-state index in [-0.39, 0.29) is 4.90 Å². The van der Waals surface area contributed by atoms with Crippen LogP contribution in [0.15, 0.2) is 71.6 Å². The van der Waals surface area contributed by atoms with Gasteiger partial charge in [0.15, 0.2) is 0 Å². The van der Waals surface area contributed by atoms with Crippen molar-refractivity contribution in [3.63, 3.8) is 0 Å². The van der Waals surface area contributed by atoms with Crippen LogP contribution >= 0.6 is 11.3 Å². The smallest absolute Gasteiger partial charge is 0.261 e. The van der Waals surface area contributed by atoms with Crippen molar-refractivity contribution in [3.05, 3.63) is 77.9 Å². The first-order valence-electron chi connectivity index (χ1n) is 8.51. The van der Waals surface area contributed by atoms with E-state index < -0.39 is 10.0 Å². The second-order valence-electron chi connectivity index (χ2n) is 6.33. The van der Waals surface area contributed by atoms with Crippen LogP contribution in [0, 0.1) is 6.92 Å². The standard InChI is InChI=1S/C21H16N2O3S2/c1-14-6-9-16(10-7-14)28(25,26)23-19-12-15(13-24)8-11-17(19)21-22-18-4-2-3-5-20(18)27-21/h2-13,23H,1H3. The first kappa shape index (κ1) is 18.3. The lowest BCUT2D eigenvalue weighted by molar-refractivity contribution is 0.112. The molecule has 1 aromatic heterocycles. The van der Waals surface area contributed by atoms with Crippen LogP contribution < -0.4 is 4.72 Å². The molecular weight excluding hydrogens is 392 g/mol. The molecule has 0 aliphatic rings. The molecule has 0 bridgehead atoms. The first-order chi connectivity index (χ1) is 13.5. The number of anilines is 1. The van der Waals surface area contributed by atoms with Gasteiger partial charge in [-0.2, -0.15) is 0 Å². The second-order valence-corrected chi connectivity index (χ2v) is 9.04. The summed E-state index contributed by atoms with van der Waals surface area (Å²) in [4.78, 5) is 16.0. The van der Waals surface area contributed by atoms with Crippen molar-refractivity contribution in [1.29, 1.82) is 0 Å². The number of aldehydes is 1. The first-order valence-corrected chi connectivity index (χ1v) is 10.8. The average molecular weight is 409 g/mol. The molecule has 1 N–H and O–H groups in total. The van der Waals surface area contributed by atoms with Gasteiger partial charge in [-0.1, -0.05) is 35.9 Å². The van der Waals surface area contributed by atoms with Gasteiger partial charge in [-0.3, -0.25) is 9.52 Å². The predicted molar refractivity (Wildman–Crippen MR) is 112 cm³/mol. The number of thiazole rings is 1. The van der Waals surface area contributed by atoms with Crippen LogP contribution in [0.25, 0.3) is 20.8 Å². The maximum Gasteiger partial charge on any atom is 0.261 e. The molecule has 1 heterocycles. The quantitative estimate of drug-likeness (QED) is 0.477. The number of benzene rings is 3. The van der Waals surface area contributed by atoms with Crippen LogP contribution in [-0.2, 0) is 10.0 Å². The van der Waals surface area contributed by atoms with Gasteiger partial charge in [-0.05, 0) is 43.3 Å². The number of nitrogens with one attached hydrogen (secondary N) is 1.